The van der Waals surface area contributed by atoms with Crippen molar-refractivity contribution in [2.24, 2.45) is 0 Å². The monoisotopic (exact) mass is 486 g/mol. The van der Waals surface area contributed by atoms with E-state index in [9.17, 15) is 18.0 Å². The number of allylic oxidation sites excluding steroid dienone is 1. The van der Waals surface area contributed by atoms with Crippen LogP contribution >= 0.6 is 11.3 Å². The fourth-order valence-electron chi connectivity index (χ4n) is 5.01. The third-order valence-corrected chi connectivity index (χ3v) is 9.71. The fraction of sp³-hybridized carbons (Fsp3) is 0.417. The third-order valence-electron chi connectivity index (χ3n) is 6.63. The lowest BCUT2D eigenvalue weighted by atomic mass is 9.97. The predicted octanol–water partition coefficient (Wildman–Crippen LogP) is 3.91. The van der Waals surface area contributed by atoms with Crippen molar-refractivity contribution in [2.75, 3.05) is 26.0 Å². The maximum Gasteiger partial charge on any atom is 0.410 e. The number of likely N-dealkylation sites (tertiary alicyclic amines) is 1. The summed E-state index contributed by atoms with van der Waals surface area (Å²) in [6, 6.07) is 9.76. The Hall–Kier alpha value is -2.65. The van der Waals surface area contributed by atoms with Crippen LogP contribution in [0.15, 0.2) is 40.6 Å². The van der Waals surface area contributed by atoms with Crippen LogP contribution < -0.4 is 0 Å². The molecule has 0 saturated carbocycles. The molecule has 3 aliphatic rings. The Kier molecular flexibility index (Phi) is 5.78. The summed E-state index contributed by atoms with van der Waals surface area (Å²) in [5, 5.41) is 0. The number of amides is 2. The van der Waals surface area contributed by atoms with Crippen molar-refractivity contribution in [1.29, 1.82) is 0 Å². The highest BCUT2D eigenvalue weighted by Gasteiger charge is 2.41. The Morgan fingerprint density at radius 1 is 1.15 bits per heavy atom. The molecule has 1 aromatic heterocycles. The van der Waals surface area contributed by atoms with Gasteiger partial charge in [-0.15, -0.1) is 11.3 Å². The van der Waals surface area contributed by atoms with Crippen LogP contribution in [0.4, 0.5) is 4.79 Å². The fourth-order valence-corrected chi connectivity index (χ4v) is 7.49. The van der Waals surface area contributed by atoms with Gasteiger partial charge >= 0.3 is 6.09 Å². The minimum absolute atomic E-state index is 0.000945. The number of piperidine rings is 1. The van der Waals surface area contributed by atoms with E-state index < -0.39 is 9.84 Å². The largest absolute Gasteiger partial charge is 0.447 e. The molecule has 3 heterocycles. The molecule has 0 spiro atoms. The van der Waals surface area contributed by atoms with Crippen molar-refractivity contribution < 1.29 is 22.7 Å². The SMILES string of the molecule is CS(=O)(=O)c1sc(C(=O)N2CCC(N3C(=O)OC[C@H]3c3ccccc3)CC2)c2c1C=CCC2. The van der Waals surface area contributed by atoms with Crippen LogP contribution in [0.3, 0.4) is 0 Å². The van der Waals surface area contributed by atoms with E-state index in [2.05, 4.69) is 0 Å². The van der Waals surface area contributed by atoms with Crippen LogP contribution in [0.25, 0.3) is 6.08 Å². The zero-order valence-electron chi connectivity index (χ0n) is 18.4. The van der Waals surface area contributed by atoms with E-state index in [0.717, 1.165) is 28.9 Å². The Labute approximate surface area is 197 Å². The van der Waals surface area contributed by atoms with Crippen molar-refractivity contribution in [3.63, 3.8) is 0 Å². The topological polar surface area (TPSA) is 84.0 Å². The number of hydrogen-bond acceptors (Lipinski definition) is 6. The quantitative estimate of drug-likeness (QED) is 0.654. The van der Waals surface area contributed by atoms with E-state index in [4.69, 9.17) is 4.74 Å². The molecule has 2 fully saturated rings. The average molecular weight is 487 g/mol. The molecule has 174 valence electrons. The van der Waals surface area contributed by atoms with Crippen LogP contribution in [0.1, 0.15) is 51.7 Å². The second-order valence-electron chi connectivity index (χ2n) is 8.76. The number of rotatable bonds is 4. The molecule has 9 heteroatoms. The summed E-state index contributed by atoms with van der Waals surface area (Å²) in [6.07, 6.45) is 7.48. The van der Waals surface area contributed by atoms with E-state index in [0.29, 0.717) is 49.4 Å². The molecule has 1 aliphatic carbocycles. The van der Waals surface area contributed by atoms with Gasteiger partial charge in [-0.05, 0) is 36.8 Å². The van der Waals surface area contributed by atoms with Gasteiger partial charge in [0, 0.05) is 31.0 Å². The molecule has 2 saturated heterocycles. The molecule has 1 aromatic carbocycles. The minimum Gasteiger partial charge on any atom is -0.447 e. The van der Waals surface area contributed by atoms with Gasteiger partial charge < -0.3 is 9.64 Å². The number of benzene rings is 1. The third kappa shape index (κ3) is 4.08. The van der Waals surface area contributed by atoms with Crippen molar-refractivity contribution in [1.82, 2.24) is 9.80 Å². The van der Waals surface area contributed by atoms with Gasteiger partial charge in [0.2, 0.25) is 0 Å². The summed E-state index contributed by atoms with van der Waals surface area (Å²) < 4.78 is 30.2. The zero-order chi connectivity index (χ0) is 23.2. The normalized spacial score (nSPS) is 21.2. The summed E-state index contributed by atoms with van der Waals surface area (Å²) in [7, 11) is -3.41. The Balaban J connectivity index is 1.33. The Morgan fingerprint density at radius 2 is 1.88 bits per heavy atom. The summed E-state index contributed by atoms with van der Waals surface area (Å²) >= 11 is 1.09. The number of carbonyl (C=O) groups excluding carboxylic acids is 2. The molecule has 0 radical (unpaired) electrons. The van der Waals surface area contributed by atoms with E-state index in [1.54, 1.807) is 4.90 Å². The highest BCUT2D eigenvalue weighted by molar-refractivity contribution is 7.92. The Bertz CT molecular complexity index is 1210. The summed E-state index contributed by atoms with van der Waals surface area (Å²) in [4.78, 5) is 30.1. The van der Waals surface area contributed by atoms with Crippen molar-refractivity contribution >= 4 is 39.3 Å². The highest BCUT2D eigenvalue weighted by Crippen LogP contribution is 2.38. The van der Waals surface area contributed by atoms with Crippen LogP contribution in [0.5, 0.6) is 0 Å². The molecule has 5 rings (SSSR count). The van der Waals surface area contributed by atoms with E-state index in [-0.39, 0.29) is 28.3 Å². The van der Waals surface area contributed by atoms with E-state index in [1.807, 2.05) is 47.4 Å². The first-order valence-electron chi connectivity index (χ1n) is 11.2. The molecule has 2 amide bonds. The van der Waals surface area contributed by atoms with Gasteiger partial charge in [0.25, 0.3) is 5.91 Å². The van der Waals surface area contributed by atoms with Crippen LogP contribution in [0, 0.1) is 0 Å². The number of thiophene rings is 1. The molecule has 33 heavy (non-hydrogen) atoms. The lowest BCUT2D eigenvalue weighted by molar-refractivity contribution is 0.0640. The van der Waals surface area contributed by atoms with Gasteiger partial charge in [-0.1, -0.05) is 42.5 Å². The van der Waals surface area contributed by atoms with Crippen LogP contribution in [-0.2, 0) is 21.0 Å². The molecule has 0 N–H and O–H groups in total. The molecular weight excluding hydrogens is 460 g/mol. The molecular formula is C24H26N2O5S2. The van der Waals surface area contributed by atoms with Gasteiger partial charge in [-0.2, -0.15) is 0 Å². The van der Waals surface area contributed by atoms with Gasteiger partial charge in [-0.3, -0.25) is 9.69 Å². The number of ether oxygens (including phenoxy) is 1. The molecule has 2 aromatic rings. The van der Waals surface area contributed by atoms with Crippen molar-refractivity contribution in [2.45, 2.75) is 42.0 Å². The number of nitrogens with zero attached hydrogens (tertiary/aromatic N) is 2. The standard InChI is InChI=1S/C24H26N2O5S2/c1-33(29,30)23-19-10-6-5-9-18(19)21(32-23)22(27)25-13-11-17(12-14-25)26-20(15-31-24(26)28)16-7-3-2-4-8-16/h2-4,6-8,10,17,20H,5,9,11-15H2,1H3/t20-/m0/s1. The van der Waals surface area contributed by atoms with E-state index in [1.165, 1.54) is 6.26 Å². The van der Waals surface area contributed by atoms with Gasteiger partial charge in [0.05, 0.1) is 10.9 Å². The van der Waals surface area contributed by atoms with Gasteiger partial charge in [0.1, 0.15) is 10.8 Å². The number of carbonyl (C=O) groups is 2. The van der Waals surface area contributed by atoms with Crippen LogP contribution in [0.2, 0.25) is 0 Å². The lowest BCUT2D eigenvalue weighted by Gasteiger charge is -2.38. The molecule has 0 bridgehead atoms. The number of cyclic esters (lactones) is 1. The van der Waals surface area contributed by atoms with Gasteiger partial charge in [-0.25, -0.2) is 13.2 Å². The van der Waals surface area contributed by atoms with Crippen LogP contribution in [-0.4, -0.2) is 62.2 Å². The molecule has 7 nitrogen and oxygen atoms in total. The average Bonchev–Trinajstić information content (AvgIpc) is 3.40. The predicted molar refractivity (Wildman–Crippen MR) is 126 cm³/mol. The number of sulfone groups is 1. The summed E-state index contributed by atoms with van der Waals surface area (Å²) in [5.41, 5.74) is 2.58. The molecule has 2 aliphatic heterocycles. The van der Waals surface area contributed by atoms with Gasteiger partial charge in [0.15, 0.2) is 9.84 Å². The first kappa shape index (κ1) is 22.2. The Morgan fingerprint density at radius 3 is 2.58 bits per heavy atom. The number of fused-ring (bicyclic) bond motifs is 1. The molecule has 0 unspecified atom stereocenters. The maximum absolute atomic E-state index is 13.4. The second-order valence-corrected chi connectivity index (χ2v) is 12.0. The zero-order valence-corrected chi connectivity index (χ0v) is 20.0. The summed E-state index contributed by atoms with van der Waals surface area (Å²) in [6.45, 7) is 1.38. The summed E-state index contributed by atoms with van der Waals surface area (Å²) in [5.74, 6) is -0.108. The maximum atomic E-state index is 13.4. The van der Waals surface area contributed by atoms with E-state index >= 15 is 0 Å². The lowest BCUT2D eigenvalue weighted by Crippen LogP contribution is -2.47. The first-order valence-corrected chi connectivity index (χ1v) is 13.9. The highest BCUT2D eigenvalue weighted by atomic mass is 32.2. The first-order chi connectivity index (χ1) is 15.8. The second kappa shape index (κ2) is 8.61. The van der Waals surface area contributed by atoms with Crippen molar-refractivity contribution in [3.8, 4) is 0 Å². The molecule has 1 atom stereocenters. The minimum atomic E-state index is -3.41. The van der Waals surface area contributed by atoms with Crippen molar-refractivity contribution in [3.05, 3.63) is 58.0 Å². The number of hydrogen-bond donors (Lipinski definition) is 0. The smallest absolute Gasteiger partial charge is 0.410 e.